The number of nitro groups is 1. The number of hydrogen-bond acceptors (Lipinski definition) is 4. The quantitative estimate of drug-likeness (QED) is 0.626. The van der Waals surface area contributed by atoms with Crippen LogP contribution in [0.5, 0.6) is 0 Å². The smallest absolute Gasteiger partial charge is 0.272 e. The van der Waals surface area contributed by atoms with E-state index in [-0.39, 0.29) is 10.6 Å². The Morgan fingerprint density at radius 2 is 2.29 bits per heavy atom. The van der Waals surface area contributed by atoms with Gasteiger partial charge in [0.1, 0.15) is 0 Å². The van der Waals surface area contributed by atoms with Gasteiger partial charge in [0.2, 0.25) is 0 Å². The lowest BCUT2D eigenvalue weighted by molar-refractivity contribution is -0.385. The maximum atomic E-state index is 10.7. The van der Waals surface area contributed by atoms with Crippen molar-refractivity contribution in [2.24, 2.45) is 0 Å². The fraction of sp³-hybridized carbons (Fsp3) is 0.500. The number of nitro benzene ring substituents is 1. The molecule has 92 valence electrons. The minimum atomic E-state index is -0.334. The van der Waals surface area contributed by atoms with Crippen LogP contribution in [0.25, 0.3) is 0 Å². The third kappa shape index (κ3) is 2.55. The number of aryl methyl sites for hydroxylation is 1. The summed E-state index contributed by atoms with van der Waals surface area (Å²) in [5, 5.41) is 14.1. The average molecular weight is 235 g/mol. The lowest BCUT2D eigenvalue weighted by atomic mass is 10.1. The van der Waals surface area contributed by atoms with Crippen LogP contribution in [-0.2, 0) is 0 Å². The zero-order valence-corrected chi connectivity index (χ0v) is 10.1. The van der Waals surface area contributed by atoms with E-state index in [2.05, 4.69) is 17.1 Å². The van der Waals surface area contributed by atoms with Gasteiger partial charge in [-0.3, -0.25) is 10.1 Å². The number of hydrogen-bond donors (Lipinski definition) is 1. The summed E-state index contributed by atoms with van der Waals surface area (Å²) >= 11 is 0. The zero-order chi connectivity index (χ0) is 12.4. The van der Waals surface area contributed by atoms with Crippen LogP contribution in [0.1, 0.15) is 12.5 Å². The molecular formula is C12H17N3O2. The Balaban J connectivity index is 2.22. The standard InChI is InChI=1S/C12H17N3O2/c1-9-7-11(3-4-12(9)15(16)17)14-6-5-13-10(2)8-14/h3-4,7,10,13H,5-6,8H2,1-2H3/t10-/m0/s1. The molecule has 0 radical (unpaired) electrons. The summed E-state index contributed by atoms with van der Waals surface area (Å²) < 4.78 is 0. The first-order valence-electron chi connectivity index (χ1n) is 5.81. The van der Waals surface area contributed by atoms with E-state index in [1.807, 2.05) is 12.1 Å². The van der Waals surface area contributed by atoms with E-state index in [1.165, 1.54) is 0 Å². The Kier molecular flexibility index (Phi) is 3.28. The zero-order valence-electron chi connectivity index (χ0n) is 10.1. The van der Waals surface area contributed by atoms with Crippen LogP contribution < -0.4 is 10.2 Å². The molecule has 0 saturated carbocycles. The van der Waals surface area contributed by atoms with Gasteiger partial charge >= 0.3 is 0 Å². The predicted octanol–water partition coefficient (Wildman–Crippen LogP) is 1.70. The molecule has 1 N–H and O–H groups in total. The minimum Gasteiger partial charge on any atom is -0.369 e. The first-order valence-corrected chi connectivity index (χ1v) is 5.81. The molecular weight excluding hydrogens is 218 g/mol. The van der Waals surface area contributed by atoms with Crippen LogP contribution in [0.4, 0.5) is 11.4 Å². The third-order valence-electron chi connectivity index (χ3n) is 3.11. The summed E-state index contributed by atoms with van der Waals surface area (Å²) in [6.45, 7) is 6.77. The van der Waals surface area contributed by atoms with Crippen LogP contribution in [0.3, 0.4) is 0 Å². The topological polar surface area (TPSA) is 58.4 Å². The molecule has 1 heterocycles. The second kappa shape index (κ2) is 4.71. The molecule has 1 aromatic rings. The molecule has 0 aromatic heterocycles. The summed E-state index contributed by atoms with van der Waals surface area (Å²) in [7, 11) is 0. The van der Waals surface area contributed by atoms with Gasteiger partial charge in [-0.1, -0.05) is 0 Å². The molecule has 0 spiro atoms. The van der Waals surface area contributed by atoms with E-state index in [9.17, 15) is 10.1 Å². The number of benzene rings is 1. The van der Waals surface area contributed by atoms with Crippen molar-refractivity contribution in [2.45, 2.75) is 19.9 Å². The maximum Gasteiger partial charge on any atom is 0.272 e. The van der Waals surface area contributed by atoms with E-state index >= 15 is 0 Å². The van der Waals surface area contributed by atoms with Crippen molar-refractivity contribution < 1.29 is 4.92 Å². The van der Waals surface area contributed by atoms with Crippen LogP contribution in [0, 0.1) is 17.0 Å². The van der Waals surface area contributed by atoms with Gasteiger partial charge in [-0.05, 0) is 26.0 Å². The van der Waals surface area contributed by atoms with Gasteiger partial charge in [0, 0.05) is 43.0 Å². The van der Waals surface area contributed by atoms with Gasteiger partial charge < -0.3 is 10.2 Å². The second-order valence-corrected chi connectivity index (χ2v) is 4.53. The van der Waals surface area contributed by atoms with Gasteiger partial charge in [-0.25, -0.2) is 0 Å². The minimum absolute atomic E-state index is 0.192. The van der Waals surface area contributed by atoms with E-state index in [0.717, 1.165) is 30.9 Å². The molecule has 0 unspecified atom stereocenters. The summed E-state index contributed by atoms with van der Waals surface area (Å²) in [5.41, 5.74) is 1.98. The monoisotopic (exact) mass is 235 g/mol. The van der Waals surface area contributed by atoms with E-state index in [4.69, 9.17) is 0 Å². The number of rotatable bonds is 2. The first kappa shape index (κ1) is 11.9. The predicted molar refractivity (Wildman–Crippen MR) is 67.5 cm³/mol. The van der Waals surface area contributed by atoms with Crippen molar-refractivity contribution in [3.05, 3.63) is 33.9 Å². The van der Waals surface area contributed by atoms with Crippen molar-refractivity contribution in [1.82, 2.24) is 5.32 Å². The molecule has 1 atom stereocenters. The Morgan fingerprint density at radius 3 is 2.88 bits per heavy atom. The molecule has 0 amide bonds. The number of anilines is 1. The van der Waals surface area contributed by atoms with Crippen molar-refractivity contribution in [2.75, 3.05) is 24.5 Å². The molecule has 0 aliphatic carbocycles. The second-order valence-electron chi connectivity index (χ2n) is 4.53. The van der Waals surface area contributed by atoms with E-state index in [0.29, 0.717) is 6.04 Å². The molecule has 2 rings (SSSR count). The molecule has 1 aliphatic rings. The maximum absolute atomic E-state index is 10.7. The van der Waals surface area contributed by atoms with Crippen LogP contribution in [-0.4, -0.2) is 30.6 Å². The van der Waals surface area contributed by atoms with Crippen molar-refractivity contribution in [3.63, 3.8) is 0 Å². The SMILES string of the molecule is Cc1cc(N2CCN[C@@H](C)C2)ccc1[N+](=O)[O-]. The van der Waals surface area contributed by atoms with E-state index < -0.39 is 0 Å². The number of nitrogens with one attached hydrogen (secondary N) is 1. The normalized spacial score (nSPS) is 20.4. The van der Waals surface area contributed by atoms with Gasteiger partial charge in [-0.15, -0.1) is 0 Å². The van der Waals surface area contributed by atoms with Crippen molar-refractivity contribution in [1.29, 1.82) is 0 Å². The van der Waals surface area contributed by atoms with Crippen LogP contribution in [0.2, 0.25) is 0 Å². The lowest BCUT2D eigenvalue weighted by Crippen LogP contribution is -2.49. The highest BCUT2D eigenvalue weighted by molar-refractivity contribution is 5.55. The molecule has 1 fully saturated rings. The fourth-order valence-corrected chi connectivity index (χ4v) is 2.21. The number of nitrogens with zero attached hydrogens (tertiary/aromatic N) is 2. The first-order chi connectivity index (χ1) is 8.08. The number of piperazine rings is 1. The van der Waals surface area contributed by atoms with E-state index in [1.54, 1.807) is 13.0 Å². The Morgan fingerprint density at radius 1 is 1.53 bits per heavy atom. The Labute approximate surface area is 101 Å². The summed E-state index contributed by atoms with van der Waals surface area (Å²) in [6, 6.07) is 5.79. The summed E-state index contributed by atoms with van der Waals surface area (Å²) in [4.78, 5) is 12.7. The average Bonchev–Trinajstić information content (AvgIpc) is 2.28. The molecule has 0 bridgehead atoms. The van der Waals surface area contributed by atoms with Crippen molar-refractivity contribution in [3.8, 4) is 0 Å². The van der Waals surface area contributed by atoms with Gasteiger partial charge in [0.15, 0.2) is 0 Å². The largest absolute Gasteiger partial charge is 0.369 e. The highest BCUT2D eigenvalue weighted by atomic mass is 16.6. The van der Waals surface area contributed by atoms with Gasteiger partial charge in [0.05, 0.1) is 4.92 Å². The van der Waals surface area contributed by atoms with Crippen LogP contribution >= 0.6 is 0 Å². The Hall–Kier alpha value is -1.62. The molecule has 1 aromatic carbocycles. The third-order valence-corrected chi connectivity index (χ3v) is 3.11. The van der Waals surface area contributed by atoms with Gasteiger partial charge in [-0.2, -0.15) is 0 Å². The van der Waals surface area contributed by atoms with Crippen molar-refractivity contribution >= 4 is 11.4 Å². The molecule has 1 saturated heterocycles. The summed E-state index contributed by atoms with van der Waals surface area (Å²) in [5.74, 6) is 0. The molecule has 5 nitrogen and oxygen atoms in total. The van der Waals surface area contributed by atoms with Gasteiger partial charge in [0.25, 0.3) is 5.69 Å². The Bertz CT molecular complexity index is 434. The lowest BCUT2D eigenvalue weighted by Gasteiger charge is -2.33. The fourth-order valence-electron chi connectivity index (χ4n) is 2.21. The summed E-state index contributed by atoms with van der Waals surface area (Å²) in [6.07, 6.45) is 0. The molecule has 5 heteroatoms. The van der Waals surface area contributed by atoms with Crippen LogP contribution in [0.15, 0.2) is 18.2 Å². The molecule has 17 heavy (non-hydrogen) atoms. The highest BCUT2D eigenvalue weighted by Gasteiger charge is 2.18. The molecule has 1 aliphatic heterocycles. The highest BCUT2D eigenvalue weighted by Crippen LogP contribution is 2.24.